The quantitative estimate of drug-likeness (QED) is 0.288. The molecule has 27 heavy (non-hydrogen) atoms. The van der Waals surface area contributed by atoms with Crippen LogP contribution in [0.3, 0.4) is 0 Å². The first-order valence-electron chi connectivity index (χ1n) is 7.25. The van der Waals surface area contributed by atoms with Crippen molar-refractivity contribution < 1.29 is 35.5 Å². The first kappa shape index (κ1) is 22.5. The number of benzene rings is 2. The molecule has 0 heterocycles. The van der Waals surface area contributed by atoms with Gasteiger partial charge in [-0.25, -0.2) is 17.4 Å². The molecule has 0 aliphatic carbocycles. The van der Waals surface area contributed by atoms with Gasteiger partial charge in [0, 0.05) is 5.69 Å². The Bertz CT molecular complexity index is 960. The molecule has 0 aliphatic rings. The van der Waals surface area contributed by atoms with E-state index < -0.39 is 38.6 Å². The van der Waals surface area contributed by atoms with Gasteiger partial charge < -0.3 is 10.5 Å². The lowest BCUT2D eigenvalue weighted by Gasteiger charge is -2.06. The number of anilines is 1. The van der Waals surface area contributed by atoms with Crippen LogP contribution in [0, 0.1) is 0 Å². The van der Waals surface area contributed by atoms with Gasteiger partial charge >= 0.3 is 16.4 Å². The second-order valence-corrected chi connectivity index (χ2v) is 8.11. The van der Waals surface area contributed by atoms with E-state index in [1.807, 2.05) is 0 Å². The van der Waals surface area contributed by atoms with Crippen LogP contribution < -0.4 is 11.3 Å². The lowest BCUT2D eigenvalue weighted by atomic mass is 10.2. The van der Waals surface area contributed by atoms with Crippen LogP contribution in [0.15, 0.2) is 59.5 Å². The first-order valence-corrected chi connectivity index (χ1v) is 10.3. The smallest absolute Gasteiger partial charge is 0.397 e. The molecule has 0 unspecified atom stereocenters. The summed E-state index contributed by atoms with van der Waals surface area (Å²) in [5, 5.41) is 8.38. The molecular formula is C15H18N2O8S2. The maximum absolute atomic E-state index is 11.8. The van der Waals surface area contributed by atoms with E-state index in [2.05, 4.69) is 9.61 Å². The summed E-state index contributed by atoms with van der Waals surface area (Å²) >= 11 is 0. The van der Waals surface area contributed by atoms with E-state index in [4.69, 9.17) is 15.5 Å². The van der Waals surface area contributed by atoms with Gasteiger partial charge in [0.05, 0.1) is 22.8 Å². The van der Waals surface area contributed by atoms with Gasteiger partial charge in [0.1, 0.15) is 0 Å². The van der Waals surface area contributed by atoms with Gasteiger partial charge in [-0.1, -0.05) is 24.3 Å². The number of hydrogen-bond donors (Lipinski definition) is 4. The van der Waals surface area contributed by atoms with Gasteiger partial charge in [-0.15, -0.1) is 0 Å². The fourth-order valence-electron chi connectivity index (χ4n) is 1.73. The number of carboxylic acids is 1. The van der Waals surface area contributed by atoms with Crippen molar-refractivity contribution in [2.24, 2.45) is 5.84 Å². The Morgan fingerprint density at radius 3 is 2.15 bits per heavy atom. The molecule has 0 amide bonds. The number of hydrogen-bond acceptors (Lipinski definition) is 8. The van der Waals surface area contributed by atoms with E-state index in [1.54, 1.807) is 36.4 Å². The van der Waals surface area contributed by atoms with Crippen molar-refractivity contribution in [1.29, 1.82) is 0 Å². The molecule has 2 aromatic carbocycles. The van der Waals surface area contributed by atoms with E-state index in [1.165, 1.54) is 18.2 Å². The summed E-state index contributed by atoms with van der Waals surface area (Å²) in [6.07, 6.45) is 0. The van der Waals surface area contributed by atoms with Crippen LogP contribution in [0.4, 0.5) is 5.69 Å². The van der Waals surface area contributed by atoms with Crippen molar-refractivity contribution in [2.45, 2.75) is 4.90 Å². The number of aromatic carboxylic acids is 1. The van der Waals surface area contributed by atoms with Crippen molar-refractivity contribution >= 4 is 31.9 Å². The molecule has 0 bridgehead atoms. The molecule has 12 heteroatoms. The molecule has 148 valence electrons. The summed E-state index contributed by atoms with van der Waals surface area (Å²) in [6.45, 7) is -0.665. The van der Waals surface area contributed by atoms with Crippen LogP contribution in [0.1, 0.15) is 10.4 Å². The fraction of sp³-hybridized carbons (Fsp3) is 0.133. The van der Waals surface area contributed by atoms with Crippen LogP contribution in [0.5, 0.6) is 0 Å². The third-order valence-electron chi connectivity index (χ3n) is 2.96. The molecule has 0 spiro atoms. The molecule has 0 saturated heterocycles. The number of nitrogen functional groups attached to an aromatic ring is 1. The third-order valence-corrected chi connectivity index (χ3v) is 5.11. The molecule has 5 N–H and O–H groups in total. The highest BCUT2D eigenvalue weighted by molar-refractivity contribution is 7.91. The Morgan fingerprint density at radius 1 is 1.04 bits per heavy atom. The molecule has 0 saturated carbocycles. The minimum Gasteiger partial charge on any atom is -0.478 e. The average molecular weight is 418 g/mol. The van der Waals surface area contributed by atoms with Crippen molar-refractivity contribution in [3.63, 3.8) is 0 Å². The Hall–Kier alpha value is -2.51. The van der Waals surface area contributed by atoms with Gasteiger partial charge in [-0.2, -0.15) is 8.42 Å². The highest BCUT2D eigenvalue weighted by atomic mass is 32.3. The number of carboxylic acid groups (broad SMARTS) is 1. The second-order valence-electron chi connectivity index (χ2n) is 4.91. The lowest BCUT2D eigenvalue weighted by Crippen LogP contribution is -2.16. The maximum atomic E-state index is 11.8. The number of carbonyl (C=O) groups is 1. The van der Waals surface area contributed by atoms with Gasteiger partial charge in [0.25, 0.3) is 0 Å². The minimum atomic E-state index is -4.64. The highest BCUT2D eigenvalue weighted by Gasteiger charge is 2.16. The van der Waals surface area contributed by atoms with Crippen molar-refractivity contribution in [2.75, 3.05) is 17.8 Å². The van der Waals surface area contributed by atoms with E-state index in [0.29, 0.717) is 11.3 Å². The van der Waals surface area contributed by atoms with Crippen LogP contribution >= 0.6 is 0 Å². The summed E-state index contributed by atoms with van der Waals surface area (Å²) in [7, 11) is -8.35. The third kappa shape index (κ3) is 8.61. The number of rotatable bonds is 7. The van der Waals surface area contributed by atoms with Crippen molar-refractivity contribution in [3.05, 3.63) is 60.2 Å². The zero-order chi connectivity index (χ0) is 20.5. The summed E-state index contributed by atoms with van der Waals surface area (Å²) in [4.78, 5) is 10.2. The topological polar surface area (TPSA) is 173 Å². The zero-order valence-electron chi connectivity index (χ0n) is 13.8. The predicted octanol–water partition coefficient (Wildman–Crippen LogP) is 0.950. The largest absolute Gasteiger partial charge is 0.478 e. The van der Waals surface area contributed by atoms with Crippen LogP contribution in [0.25, 0.3) is 0 Å². The number of hydrazine groups is 1. The molecule has 2 rings (SSSR count). The number of nitrogens with one attached hydrogen (secondary N) is 1. The zero-order valence-corrected chi connectivity index (χ0v) is 15.5. The van der Waals surface area contributed by atoms with Crippen molar-refractivity contribution in [1.82, 2.24) is 0 Å². The molecule has 0 aliphatic heterocycles. The van der Waals surface area contributed by atoms with Gasteiger partial charge in [-0.05, 0) is 30.3 Å². The summed E-state index contributed by atoms with van der Waals surface area (Å²) in [6, 6.07) is 14.0. The van der Waals surface area contributed by atoms with Gasteiger partial charge in [-0.3, -0.25) is 10.4 Å². The van der Waals surface area contributed by atoms with E-state index in [9.17, 15) is 21.6 Å². The molecule has 0 fully saturated rings. The molecule has 10 nitrogen and oxygen atoms in total. The van der Waals surface area contributed by atoms with E-state index >= 15 is 0 Å². The molecular weight excluding hydrogens is 400 g/mol. The summed E-state index contributed by atoms with van der Waals surface area (Å²) < 4.78 is 56.3. The summed E-state index contributed by atoms with van der Waals surface area (Å²) in [5.41, 5.74) is 3.01. The summed E-state index contributed by atoms with van der Waals surface area (Å²) in [5.74, 6) is 3.68. The maximum Gasteiger partial charge on any atom is 0.397 e. The van der Waals surface area contributed by atoms with E-state index in [-0.39, 0.29) is 4.90 Å². The fourth-order valence-corrected chi connectivity index (χ4v) is 3.26. The first-order chi connectivity index (χ1) is 12.5. The van der Waals surface area contributed by atoms with Crippen LogP contribution in [-0.2, 0) is 24.4 Å². The predicted molar refractivity (Wildman–Crippen MR) is 97.2 cm³/mol. The monoisotopic (exact) mass is 418 g/mol. The van der Waals surface area contributed by atoms with Gasteiger partial charge in [0.2, 0.25) is 0 Å². The SMILES string of the molecule is NNc1cccc(S(=O)(=O)CCOS(=O)(=O)O)c1.O=C(O)c1ccccc1. The number of sulfone groups is 1. The standard InChI is InChI=1S/C8H12N2O6S2.C7H6O2/c9-10-7-2-1-3-8(6-7)17(11,12)5-4-16-18(13,14)15;8-7(9)6-4-2-1-3-5-6/h1-3,6,10H,4-5,9H2,(H,13,14,15);1-5H,(H,8,9). The molecule has 0 atom stereocenters. The van der Waals surface area contributed by atoms with Crippen LogP contribution in [0.2, 0.25) is 0 Å². The number of nitrogens with two attached hydrogens (primary N) is 1. The van der Waals surface area contributed by atoms with Crippen molar-refractivity contribution in [3.8, 4) is 0 Å². The Kier molecular flexibility index (Phi) is 8.33. The Labute approximate surface area is 156 Å². The normalized spacial score (nSPS) is 11.2. The Balaban J connectivity index is 0.000000337. The molecule has 0 radical (unpaired) electrons. The lowest BCUT2D eigenvalue weighted by molar-refractivity contribution is 0.0697. The Morgan fingerprint density at radius 2 is 1.67 bits per heavy atom. The van der Waals surface area contributed by atoms with Gasteiger partial charge in [0.15, 0.2) is 9.84 Å². The minimum absolute atomic E-state index is 0.0307. The second kappa shape index (κ2) is 9.99. The highest BCUT2D eigenvalue weighted by Crippen LogP contribution is 2.16. The average Bonchev–Trinajstić information content (AvgIpc) is 2.62. The molecule has 0 aromatic heterocycles. The van der Waals surface area contributed by atoms with Crippen LogP contribution in [-0.4, -0.2) is 44.8 Å². The molecule has 2 aromatic rings. The van der Waals surface area contributed by atoms with E-state index in [0.717, 1.165) is 0 Å².